The molecule has 0 fully saturated rings. The van der Waals surface area contributed by atoms with Crippen LogP contribution in [0.2, 0.25) is 0 Å². The second-order valence-electron chi connectivity index (χ2n) is 4.19. The van der Waals surface area contributed by atoms with Crippen molar-refractivity contribution in [2.75, 3.05) is 7.11 Å². The predicted octanol–water partition coefficient (Wildman–Crippen LogP) is 2.85. The standard InChI is InChI=1S/C13H16N2O2S/c1-8(12(16)17-3)9(2)18-13-14-10-6-4-5-7-11(10)15-13/h4-9H,1-3H3,(H,14,15). The molecule has 4 nitrogen and oxygen atoms in total. The van der Waals surface area contributed by atoms with E-state index in [0.717, 1.165) is 16.2 Å². The molecule has 0 aliphatic heterocycles. The van der Waals surface area contributed by atoms with Crippen LogP contribution in [0, 0.1) is 5.92 Å². The van der Waals surface area contributed by atoms with Crippen LogP contribution in [0.4, 0.5) is 0 Å². The molecule has 5 heteroatoms. The molecule has 0 aliphatic carbocycles. The number of hydrogen-bond acceptors (Lipinski definition) is 4. The fourth-order valence-electron chi connectivity index (χ4n) is 1.64. The molecule has 0 amide bonds. The van der Waals surface area contributed by atoms with Crippen LogP contribution >= 0.6 is 11.8 Å². The van der Waals surface area contributed by atoms with E-state index in [9.17, 15) is 4.79 Å². The molecule has 0 bridgehead atoms. The molecule has 2 unspecified atom stereocenters. The first-order valence-corrected chi connectivity index (χ1v) is 6.69. The van der Waals surface area contributed by atoms with Gasteiger partial charge in [-0.15, -0.1) is 0 Å². The number of fused-ring (bicyclic) bond motifs is 1. The number of aromatic nitrogens is 2. The number of carbonyl (C=O) groups excluding carboxylic acids is 1. The van der Waals surface area contributed by atoms with Gasteiger partial charge in [0.1, 0.15) is 0 Å². The van der Waals surface area contributed by atoms with Crippen LogP contribution in [0.15, 0.2) is 29.4 Å². The Morgan fingerprint density at radius 1 is 1.39 bits per heavy atom. The van der Waals surface area contributed by atoms with Crippen molar-refractivity contribution < 1.29 is 9.53 Å². The molecule has 1 aromatic carbocycles. The number of nitrogens with zero attached hydrogens (tertiary/aromatic N) is 1. The number of esters is 1. The first-order valence-electron chi connectivity index (χ1n) is 5.81. The molecule has 18 heavy (non-hydrogen) atoms. The lowest BCUT2D eigenvalue weighted by atomic mass is 10.1. The van der Waals surface area contributed by atoms with E-state index in [2.05, 4.69) is 9.97 Å². The van der Waals surface area contributed by atoms with E-state index in [1.165, 1.54) is 7.11 Å². The molecule has 2 rings (SSSR count). The van der Waals surface area contributed by atoms with E-state index in [-0.39, 0.29) is 17.1 Å². The maximum Gasteiger partial charge on any atom is 0.309 e. The van der Waals surface area contributed by atoms with E-state index in [4.69, 9.17) is 4.74 Å². The van der Waals surface area contributed by atoms with Crippen LogP contribution in [0.25, 0.3) is 11.0 Å². The van der Waals surface area contributed by atoms with Crippen LogP contribution in [0.1, 0.15) is 13.8 Å². The zero-order valence-corrected chi connectivity index (χ0v) is 11.5. The summed E-state index contributed by atoms with van der Waals surface area (Å²) in [6.45, 7) is 3.87. The molecule has 0 radical (unpaired) electrons. The van der Waals surface area contributed by atoms with Crippen molar-refractivity contribution in [3.63, 3.8) is 0 Å². The number of thioether (sulfide) groups is 1. The number of ether oxygens (including phenoxy) is 1. The summed E-state index contributed by atoms with van der Waals surface area (Å²) in [6, 6.07) is 7.87. The third kappa shape index (κ3) is 2.67. The molecule has 2 aromatic rings. The second-order valence-corrected chi connectivity index (χ2v) is 5.56. The number of benzene rings is 1. The lowest BCUT2D eigenvalue weighted by Crippen LogP contribution is -2.22. The number of methoxy groups -OCH3 is 1. The highest BCUT2D eigenvalue weighted by atomic mass is 32.2. The largest absolute Gasteiger partial charge is 0.469 e. The van der Waals surface area contributed by atoms with Crippen molar-refractivity contribution in [3.8, 4) is 0 Å². The van der Waals surface area contributed by atoms with Gasteiger partial charge in [0.25, 0.3) is 0 Å². The molecule has 96 valence electrons. The SMILES string of the molecule is COC(=O)C(C)C(C)Sc1nc2ccccc2[nH]1. The molecule has 1 heterocycles. The summed E-state index contributed by atoms with van der Waals surface area (Å²) < 4.78 is 4.75. The van der Waals surface area contributed by atoms with Crippen molar-refractivity contribution >= 4 is 28.8 Å². The molecule has 1 N–H and O–H groups in total. The van der Waals surface area contributed by atoms with Gasteiger partial charge >= 0.3 is 5.97 Å². The van der Waals surface area contributed by atoms with Crippen LogP contribution < -0.4 is 0 Å². The van der Waals surface area contributed by atoms with Crippen LogP contribution in [-0.4, -0.2) is 28.3 Å². The van der Waals surface area contributed by atoms with Gasteiger partial charge in [0, 0.05) is 5.25 Å². The lowest BCUT2D eigenvalue weighted by molar-refractivity contribution is -0.144. The molecule has 1 aromatic heterocycles. The van der Waals surface area contributed by atoms with E-state index < -0.39 is 0 Å². The average molecular weight is 264 g/mol. The van der Waals surface area contributed by atoms with Crippen LogP contribution in [-0.2, 0) is 9.53 Å². The number of nitrogens with one attached hydrogen (secondary N) is 1. The van der Waals surface area contributed by atoms with E-state index >= 15 is 0 Å². The third-order valence-electron chi connectivity index (χ3n) is 2.94. The van der Waals surface area contributed by atoms with Crippen molar-refractivity contribution in [1.82, 2.24) is 9.97 Å². The summed E-state index contributed by atoms with van der Waals surface area (Å²) in [5, 5.41) is 0.942. The Balaban J connectivity index is 2.11. The lowest BCUT2D eigenvalue weighted by Gasteiger charge is -2.15. The summed E-state index contributed by atoms with van der Waals surface area (Å²) in [7, 11) is 1.41. The van der Waals surface area contributed by atoms with E-state index in [0.29, 0.717) is 0 Å². The fourth-order valence-corrected chi connectivity index (χ4v) is 2.63. The molecular weight excluding hydrogens is 248 g/mol. The minimum atomic E-state index is -0.189. The minimum absolute atomic E-state index is 0.109. The smallest absolute Gasteiger partial charge is 0.309 e. The normalized spacial score (nSPS) is 14.4. The van der Waals surface area contributed by atoms with Gasteiger partial charge in [0.2, 0.25) is 0 Å². The van der Waals surface area contributed by atoms with Gasteiger partial charge in [-0.3, -0.25) is 4.79 Å². The number of rotatable bonds is 4. The first-order chi connectivity index (χ1) is 8.61. The van der Waals surface area contributed by atoms with Crippen molar-refractivity contribution in [1.29, 1.82) is 0 Å². The Hall–Kier alpha value is -1.49. The molecule has 0 saturated heterocycles. The fraction of sp³-hybridized carbons (Fsp3) is 0.385. The molecule has 0 aliphatic rings. The number of H-pyrrole nitrogens is 1. The van der Waals surface area contributed by atoms with E-state index in [1.807, 2.05) is 38.1 Å². The van der Waals surface area contributed by atoms with Gasteiger partial charge < -0.3 is 9.72 Å². The van der Waals surface area contributed by atoms with Gasteiger partial charge in [-0.2, -0.15) is 0 Å². The highest BCUT2D eigenvalue weighted by Crippen LogP contribution is 2.27. The van der Waals surface area contributed by atoms with Crippen molar-refractivity contribution in [2.45, 2.75) is 24.3 Å². The zero-order chi connectivity index (χ0) is 13.1. The maximum atomic E-state index is 11.4. The molecular formula is C13H16N2O2S. The third-order valence-corrected chi connectivity index (χ3v) is 4.14. The average Bonchev–Trinajstić information content (AvgIpc) is 2.78. The Morgan fingerprint density at radius 2 is 2.11 bits per heavy atom. The maximum absolute atomic E-state index is 11.4. The quantitative estimate of drug-likeness (QED) is 0.681. The van der Waals surface area contributed by atoms with Gasteiger partial charge in [-0.1, -0.05) is 37.7 Å². The number of para-hydroxylation sites is 2. The second kappa shape index (κ2) is 5.44. The summed E-state index contributed by atoms with van der Waals surface area (Å²) >= 11 is 1.55. The van der Waals surface area contributed by atoms with Crippen molar-refractivity contribution in [2.24, 2.45) is 5.92 Å². The van der Waals surface area contributed by atoms with Crippen molar-refractivity contribution in [3.05, 3.63) is 24.3 Å². The highest BCUT2D eigenvalue weighted by Gasteiger charge is 2.22. The summed E-state index contributed by atoms with van der Waals surface area (Å²) in [6.07, 6.45) is 0. The van der Waals surface area contributed by atoms with Gasteiger partial charge in [-0.05, 0) is 12.1 Å². The summed E-state index contributed by atoms with van der Waals surface area (Å²) in [5.74, 6) is -0.348. The van der Waals surface area contributed by atoms with Gasteiger partial charge in [-0.25, -0.2) is 4.98 Å². The zero-order valence-electron chi connectivity index (χ0n) is 10.6. The first kappa shape index (κ1) is 13.0. The Morgan fingerprint density at radius 3 is 2.78 bits per heavy atom. The number of hydrogen-bond donors (Lipinski definition) is 1. The molecule has 0 saturated carbocycles. The molecule has 0 spiro atoms. The number of aromatic amines is 1. The minimum Gasteiger partial charge on any atom is -0.469 e. The predicted molar refractivity (Wildman–Crippen MR) is 72.6 cm³/mol. The Kier molecular flexibility index (Phi) is 3.91. The van der Waals surface area contributed by atoms with Crippen LogP contribution in [0.5, 0.6) is 0 Å². The van der Waals surface area contributed by atoms with E-state index in [1.54, 1.807) is 11.8 Å². The Bertz CT molecular complexity index is 520. The monoisotopic (exact) mass is 264 g/mol. The molecule has 2 atom stereocenters. The van der Waals surface area contributed by atoms with Gasteiger partial charge in [0.05, 0.1) is 24.1 Å². The van der Waals surface area contributed by atoms with Gasteiger partial charge in [0.15, 0.2) is 5.16 Å². The van der Waals surface area contributed by atoms with Crippen LogP contribution in [0.3, 0.4) is 0 Å². The summed E-state index contributed by atoms with van der Waals surface area (Å²) in [4.78, 5) is 19.2. The Labute approximate surface area is 110 Å². The highest BCUT2D eigenvalue weighted by molar-refractivity contribution is 7.99. The number of imidazole rings is 1. The topological polar surface area (TPSA) is 55.0 Å². The summed E-state index contributed by atoms with van der Waals surface area (Å²) in [5.41, 5.74) is 1.95. The number of carbonyl (C=O) groups is 1.